The van der Waals surface area contributed by atoms with Crippen LogP contribution in [0.15, 0.2) is 61.2 Å². The predicted molar refractivity (Wildman–Crippen MR) is 174 cm³/mol. The lowest BCUT2D eigenvalue weighted by molar-refractivity contribution is -0.127. The van der Waals surface area contributed by atoms with Gasteiger partial charge in [-0.3, -0.25) is 9.69 Å². The summed E-state index contributed by atoms with van der Waals surface area (Å²) in [6.45, 7) is 7.61. The molecule has 1 aromatic heterocycles. The number of rotatable bonds is 6. The number of aromatic nitrogens is 1. The van der Waals surface area contributed by atoms with E-state index in [0.717, 1.165) is 72.8 Å². The van der Waals surface area contributed by atoms with Crippen LogP contribution in [-0.4, -0.2) is 71.1 Å². The molecule has 0 N–H and O–H groups in total. The van der Waals surface area contributed by atoms with Gasteiger partial charge >= 0.3 is 0 Å². The van der Waals surface area contributed by atoms with E-state index in [-0.39, 0.29) is 28.6 Å². The third-order valence-corrected chi connectivity index (χ3v) is 11.0. The van der Waals surface area contributed by atoms with Gasteiger partial charge < -0.3 is 14.5 Å². The number of hydrogen-bond donors (Lipinski definition) is 0. The lowest BCUT2D eigenvalue weighted by Gasteiger charge is -2.48. The second-order valence-corrected chi connectivity index (χ2v) is 13.1. The van der Waals surface area contributed by atoms with E-state index in [9.17, 15) is 14.4 Å². The zero-order valence-electron chi connectivity index (χ0n) is 24.9. The predicted octanol–water partition coefficient (Wildman–Crippen LogP) is 6.70. The Labute approximate surface area is 266 Å². The summed E-state index contributed by atoms with van der Waals surface area (Å²) in [5.74, 6) is -0.182. The van der Waals surface area contributed by atoms with Crippen molar-refractivity contribution in [1.29, 1.82) is 5.26 Å². The Hall–Kier alpha value is -4.19. The molecule has 2 atom stereocenters. The van der Waals surface area contributed by atoms with E-state index >= 15 is 0 Å². The van der Waals surface area contributed by atoms with Crippen LogP contribution in [0.1, 0.15) is 37.7 Å². The standard InChI is InChI=1S/C36H33ClFN5O2/c1-2-31(44)42-17-12-29-30(42)20-43(29)34-25-10-8-23(24-7-3-6-22-9-11-27(38)33(37)32(22)24)18-28(25)40-35(26(34)19-39)45-21-36-13-4-15-41(36)16-5-14-36/h2-3,6-11,18,29-30H,1,4-5,12-17,20-21H2/t29-,30-/m1/s1. The van der Waals surface area contributed by atoms with Crippen molar-refractivity contribution in [2.24, 2.45) is 0 Å². The van der Waals surface area contributed by atoms with Gasteiger partial charge in [-0.15, -0.1) is 0 Å². The van der Waals surface area contributed by atoms with Gasteiger partial charge in [-0.1, -0.05) is 54.6 Å². The Bertz CT molecular complexity index is 1930. The minimum atomic E-state index is -0.465. The van der Waals surface area contributed by atoms with Crippen molar-refractivity contribution in [2.45, 2.75) is 49.7 Å². The average molecular weight is 622 g/mol. The summed E-state index contributed by atoms with van der Waals surface area (Å²) < 4.78 is 21.2. The Kier molecular flexibility index (Phi) is 6.74. The average Bonchev–Trinajstić information content (AvgIpc) is 3.73. The third-order valence-electron chi connectivity index (χ3n) is 10.6. The van der Waals surface area contributed by atoms with E-state index in [1.54, 1.807) is 6.07 Å². The van der Waals surface area contributed by atoms with E-state index in [4.69, 9.17) is 21.3 Å². The van der Waals surface area contributed by atoms with Crippen molar-refractivity contribution in [3.05, 3.63) is 77.6 Å². The van der Waals surface area contributed by atoms with Crippen molar-refractivity contribution in [2.75, 3.05) is 37.7 Å². The Morgan fingerprint density at radius 1 is 1.16 bits per heavy atom. The molecule has 0 unspecified atom stereocenters. The van der Waals surface area contributed by atoms with Crippen molar-refractivity contribution in [1.82, 2.24) is 14.8 Å². The zero-order valence-corrected chi connectivity index (χ0v) is 25.7. The quantitative estimate of drug-likeness (QED) is 0.223. The summed E-state index contributed by atoms with van der Waals surface area (Å²) in [5, 5.41) is 13.0. The first kappa shape index (κ1) is 28.3. The van der Waals surface area contributed by atoms with Gasteiger partial charge in [-0.05, 0) is 79.9 Å². The minimum absolute atomic E-state index is 0.00595. The van der Waals surface area contributed by atoms with E-state index in [1.165, 1.54) is 12.1 Å². The van der Waals surface area contributed by atoms with Gasteiger partial charge in [0.05, 0.1) is 33.8 Å². The molecule has 0 spiro atoms. The van der Waals surface area contributed by atoms with Crippen molar-refractivity contribution < 1.29 is 13.9 Å². The summed E-state index contributed by atoms with van der Waals surface area (Å²) in [7, 11) is 0. The summed E-state index contributed by atoms with van der Waals surface area (Å²) in [6.07, 6.45) is 6.66. The summed E-state index contributed by atoms with van der Waals surface area (Å²) in [5.41, 5.74) is 3.56. The molecule has 3 aromatic carbocycles. The van der Waals surface area contributed by atoms with Gasteiger partial charge in [-0.2, -0.15) is 5.26 Å². The lowest BCUT2D eigenvalue weighted by atomic mass is 9.92. The van der Waals surface area contributed by atoms with Crippen LogP contribution in [0, 0.1) is 17.1 Å². The highest BCUT2D eigenvalue weighted by Gasteiger charge is 2.50. The number of fused-ring (bicyclic) bond motifs is 4. The first-order valence-corrected chi connectivity index (χ1v) is 16.1. The first-order chi connectivity index (χ1) is 21.9. The number of carbonyl (C=O) groups excluding carboxylic acids is 1. The second-order valence-electron chi connectivity index (χ2n) is 12.8. The molecular formula is C36H33ClFN5O2. The lowest BCUT2D eigenvalue weighted by Crippen LogP contribution is -2.63. The van der Waals surface area contributed by atoms with E-state index in [0.29, 0.717) is 42.0 Å². The van der Waals surface area contributed by atoms with Crippen LogP contribution >= 0.6 is 11.6 Å². The molecule has 4 fully saturated rings. The molecule has 4 aliphatic heterocycles. The summed E-state index contributed by atoms with van der Waals surface area (Å²) in [4.78, 5) is 24.2. The fourth-order valence-electron chi connectivity index (χ4n) is 8.38. The molecular weight excluding hydrogens is 589 g/mol. The molecule has 9 heteroatoms. The number of nitriles is 1. The Balaban J connectivity index is 1.26. The van der Waals surface area contributed by atoms with Crippen LogP contribution in [0.5, 0.6) is 5.88 Å². The van der Waals surface area contributed by atoms with Gasteiger partial charge in [-0.25, -0.2) is 9.37 Å². The highest BCUT2D eigenvalue weighted by Crippen LogP contribution is 2.46. The Morgan fingerprint density at radius 2 is 1.98 bits per heavy atom. The van der Waals surface area contributed by atoms with E-state index < -0.39 is 5.82 Å². The summed E-state index contributed by atoms with van der Waals surface area (Å²) >= 11 is 6.51. The maximum Gasteiger partial charge on any atom is 0.246 e. The normalized spacial score (nSPS) is 21.9. The summed E-state index contributed by atoms with van der Waals surface area (Å²) in [6, 6.07) is 17.5. The van der Waals surface area contributed by atoms with Crippen LogP contribution in [-0.2, 0) is 4.79 Å². The molecule has 1 amide bonds. The number of likely N-dealkylation sites (tertiary alicyclic amines) is 1. The van der Waals surface area contributed by atoms with E-state index in [2.05, 4.69) is 22.4 Å². The van der Waals surface area contributed by atoms with Gasteiger partial charge in [0.15, 0.2) is 0 Å². The van der Waals surface area contributed by atoms with E-state index in [1.807, 2.05) is 41.3 Å². The molecule has 4 saturated heterocycles. The maximum absolute atomic E-state index is 14.6. The first-order valence-electron chi connectivity index (χ1n) is 15.7. The number of carbonyl (C=O) groups is 1. The second kappa shape index (κ2) is 10.7. The SMILES string of the molecule is C=CC(=O)N1CC[C@@H]2[C@H]1CN2c1c(C#N)c(OCC23CCCN2CCC3)nc2cc(-c3cccc4ccc(F)c(Cl)c34)ccc12. The van der Waals surface area contributed by atoms with Crippen molar-refractivity contribution in [3.8, 4) is 23.1 Å². The highest BCUT2D eigenvalue weighted by molar-refractivity contribution is 6.37. The van der Waals surface area contributed by atoms with Gasteiger partial charge in [0.25, 0.3) is 0 Å². The minimum Gasteiger partial charge on any atom is -0.475 e. The number of benzene rings is 3. The molecule has 4 aromatic rings. The molecule has 7 nitrogen and oxygen atoms in total. The van der Waals surface area contributed by atoms with Crippen LogP contribution in [0.2, 0.25) is 5.02 Å². The molecule has 0 bridgehead atoms. The van der Waals surface area contributed by atoms with Gasteiger partial charge in [0, 0.05) is 23.9 Å². The van der Waals surface area contributed by atoms with Crippen LogP contribution in [0.4, 0.5) is 10.1 Å². The topological polar surface area (TPSA) is 72.7 Å². The van der Waals surface area contributed by atoms with Crippen LogP contribution in [0.25, 0.3) is 32.8 Å². The Morgan fingerprint density at radius 3 is 2.76 bits per heavy atom. The number of amides is 1. The number of nitrogens with zero attached hydrogens (tertiary/aromatic N) is 5. The van der Waals surface area contributed by atoms with Crippen molar-refractivity contribution >= 4 is 44.9 Å². The molecule has 228 valence electrons. The van der Waals surface area contributed by atoms with Gasteiger partial charge in [0.1, 0.15) is 24.1 Å². The number of pyridine rings is 1. The fourth-order valence-corrected chi connectivity index (χ4v) is 8.65. The smallest absolute Gasteiger partial charge is 0.246 e. The largest absolute Gasteiger partial charge is 0.475 e. The molecule has 45 heavy (non-hydrogen) atoms. The number of hydrogen-bond acceptors (Lipinski definition) is 6. The molecule has 0 saturated carbocycles. The monoisotopic (exact) mass is 621 g/mol. The molecule has 5 heterocycles. The number of ether oxygens (including phenoxy) is 1. The molecule has 0 aliphatic carbocycles. The number of halogens is 2. The molecule has 8 rings (SSSR count). The molecule has 0 radical (unpaired) electrons. The maximum atomic E-state index is 14.6. The highest BCUT2D eigenvalue weighted by atomic mass is 35.5. The van der Waals surface area contributed by atoms with Gasteiger partial charge in [0.2, 0.25) is 11.8 Å². The van der Waals surface area contributed by atoms with Crippen molar-refractivity contribution in [3.63, 3.8) is 0 Å². The third kappa shape index (κ3) is 4.32. The fraction of sp³-hybridized carbons (Fsp3) is 0.361. The zero-order chi connectivity index (χ0) is 30.9. The van der Waals surface area contributed by atoms with Crippen LogP contribution in [0.3, 0.4) is 0 Å². The molecule has 4 aliphatic rings. The number of anilines is 1. The van der Waals surface area contributed by atoms with Crippen LogP contribution < -0.4 is 9.64 Å².